The largest absolute Gasteiger partial charge is 0.309 e. The number of nitrogens with zero attached hydrogens (tertiary/aromatic N) is 1. The molecule has 0 saturated heterocycles. The van der Waals surface area contributed by atoms with Gasteiger partial charge in [-0.1, -0.05) is 139 Å². The maximum Gasteiger partial charge on any atom is 0.183 e. The van der Waals surface area contributed by atoms with E-state index >= 15 is 0 Å². The molecule has 8 aromatic rings. The Balaban J connectivity index is 1.17. The summed E-state index contributed by atoms with van der Waals surface area (Å²) in [5.41, 5.74) is 8.97. The third kappa shape index (κ3) is 3.40. The van der Waals surface area contributed by atoms with E-state index in [0.717, 1.165) is 0 Å². The van der Waals surface area contributed by atoms with Crippen LogP contribution in [0, 0.1) is 0 Å². The summed E-state index contributed by atoms with van der Waals surface area (Å²) >= 11 is 1.93. The lowest BCUT2D eigenvalue weighted by Crippen LogP contribution is -2.74. The van der Waals surface area contributed by atoms with Gasteiger partial charge in [0.15, 0.2) is 8.07 Å². The fraction of sp³-hybridized carbons (Fsp3) is 0. The molecule has 0 N–H and O–H groups in total. The number of rotatable bonds is 2. The van der Waals surface area contributed by atoms with Crippen molar-refractivity contribution in [3.63, 3.8) is 0 Å². The van der Waals surface area contributed by atoms with E-state index in [1.54, 1.807) is 0 Å². The molecule has 3 heterocycles. The summed E-state index contributed by atoms with van der Waals surface area (Å²) in [5.74, 6) is 0. The average Bonchev–Trinajstić information content (AvgIpc) is 3.60. The van der Waals surface area contributed by atoms with Crippen molar-refractivity contribution in [2.45, 2.75) is 9.79 Å². The van der Waals surface area contributed by atoms with Gasteiger partial charge in [-0.2, -0.15) is 0 Å². The number of fused-ring (bicyclic) bond motifs is 12. The van der Waals surface area contributed by atoms with Gasteiger partial charge in [0.2, 0.25) is 0 Å². The van der Waals surface area contributed by atoms with Crippen molar-refractivity contribution >= 4 is 62.4 Å². The van der Waals surface area contributed by atoms with Gasteiger partial charge in [-0.15, -0.1) is 0 Å². The fourth-order valence-electron chi connectivity index (χ4n) is 8.04. The molecule has 0 bridgehead atoms. The van der Waals surface area contributed by atoms with Gasteiger partial charge in [0.05, 0.1) is 11.0 Å². The van der Waals surface area contributed by atoms with Crippen LogP contribution in [-0.4, -0.2) is 12.6 Å². The molecule has 1 nitrogen and oxygen atoms in total. The zero-order valence-electron chi connectivity index (χ0n) is 24.4. The summed E-state index contributed by atoms with van der Waals surface area (Å²) in [6.45, 7) is 0. The molecular weight excluding hydrogens is 579 g/mol. The van der Waals surface area contributed by atoms with Gasteiger partial charge in [-0.3, -0.25) is 0 Å². The van der Waals surface area contributed by atoms with Crippen LogP contribution in [0.5, 0.6) is 0 Å². The second-order valence-electron chi connectivity index (χ2n) is 12.1. The van der Waals surface area contributed by atoms with Crippen molar-refractivity contribution in [1.82, 2.24) is 4.57 Å². The first-order valence-corrected chi connectivity index (χ1v) is 18.3. The Kier molecular flexibility index (Phi) is 5.30. The predicted molar refractivity (Wildman–Crippen MR) is 193 cm³/mol. The summed E-state index contributed by atoms with van der Waals surface area (Å²) < 4.78 is 2.39. The lowest BCUT2D eigenvalue weighted by atomic mass is 10.1. The summed E-state index contributed by atoms with van der Waals surface area (Å²) in [6.07, 6.45) is 0. The number of hydrogen-bond acceptors (Lipinski definition) is 1. The van der Waals surface area contributed by atoms with Crippen LogP contribution >= 0.6 is 11.8 Å². The van der Waals surface area contributed by atoms with E-state index in [9.17, 15) is 0 Å². The van der Waals surface area contributed by atoms with Crippen LogP contribution in [0.3, 0.4) is 0 Å². The third-order valence-corrected chi connectivity index (χ3v) is 16.4. The molecule has 1 aromatic heterocycles. The maximum absolute atomic E-state index is 2.53. The number of para-hydroxylation sites is 2. The van der Waals surface area contributed by atoms with E-state index in [0.29, 0.717) is 0 Å². The smallest absolute Gasteiger partial charge is 0.183 e. The second-order valence-corrected chi connectivity index (χ2v) is 16.8. The van der Waals surface area contributed by atoms with E-state index in [2.05, 4.69) is 168 Å². The Morgan fingerprint density at radius 2 is 0.911 bits per heavy atom. The number of hydrogen-bond donors (Lipinski definition) is 0. The highest BCUT2D eigenvalue weighted by atomic mass is 32.2. The molecule has 0 fully saturated rings. The summed E-state index contributed by atoms with van der Waals surface area (Å²) in [6, 6.07) is 61.3. The van der Waals surface area contributed by atoms with Crippen LogP contribution in [0.2, 0.25) is 0 Å². The molecule has 0 saturated carbocycles. The number of benzene rings is 7. The molecule has 0 unspecified atom stereocenters. The molecular formula is C42H27NSSi. The molecule has 0 radical (unpaired) electrons. The first-order chi connectivity index (χ1) is 22.3. The highest BCUT2D eigenvalue weighted by Gasteiger charge is 2.52. The molecule has 45 heavy (non-hydrogen) atoms. The number of aromatic nitrogens is 1. The minimum atomic E-state index is -2.51. The fourth-order valence-corrected chi connectivity index (χ4v) is 15.4. The molecule has 3 heteroatoms. The van der Waals surface area contributed by atoms with Crippen LogP contribution in [-0.2, 0) is 0 Å². The predicted octanol–water partition coefficient (Wildman–Crippen LogP) is 8.27. The van der Waals surface area contributed by atoms with E-state index < -0.39 is 8.07 Å². The van der Waals surface area contributed by atoms with Crippen molar-refractivity contribution < 1.29 is 0 Å². The minimum absolute atomic E-state index is 1.18. The van der Waals surface area contributed by atoms with Crippen molar-refractivity contribution in [3.05, 3.63) is 164 Å². The zero-order chi connectivity index (χ0) is 29.5. The lowest BCUT2D eigenvalue weighted by molar-refractivity contribution is 1.18. The van der Waals surface area contributed by atoms with Gasteiger partial charge in [0.1, 0.15) is 0 Å². The van der Waals surface area contributed by atoms with Gasteiger partial charge in [0.25, 0.3) is 0 Å². The molecule has 0 aliphatic carbocycles. The highest BCUT2D eigenvalue weighted by molar-refractivity contribution is 8.00. The first kappa shape index (κ1) is 25.3. The standard InChI is InChI=1S/C42H27NSSi/c1-5-15-35-31(11-1)32-12-2-6-16-36(32)43(35)30-24-21-28(22-25-30)29-23-26-38-42(27-29)45(41-20-10-7-17-37(41)44-38)39-18-8-3-13-33(39)34-14-4-9-19-40(34)45/h1-27H. The van der Waals surface area contributed by atoms with Crippen LogP contribution in [0.4, 0.5) is 0 Å². The minimum Gasteiger partial charge on any atom is -0.309 e. The van der Waals surface area contributed by atoms with Gasteiger partial charge in [-0.25, -0.2) is 0 Å². The van der Waals surface area contributed by atoms with Crippen LogP contribution in [0.1, 0.15) is 0 Å². The summed E-state index contributed by atoms with van der Waals surface area (Å²) in [7, 11) is -2.51. The monoisotopic (exact) mass is 605 g/mol. The van der Waals surface area contributed by atoms with Gasteiger partial charge in [-0.05, 0) is 79.4 Å². The van der Waals surface area contributed by atoms with Crippen LogP contribution in [0.15, 0.2) is 174 Å². The first-order valence-electron chi connectivity index (χ1n) is 15.5. The molecule has 10 rings (SSSR count). The molecule has 1 spiro atoms. The normalized spacial score (nSPS) is 13.9. The Morgan fingerprint density at radius 1 is 0.400 bits per heavy atom. The van der Waals surface area contributed by atoms with E-state index in [1.165, 1.54) is 80.3 Å². The van der Waals surface area contributed by atoms with E-state index in [1.807, 2.05) is 11.8 Å². The van der Waals surface area contributed by atoms with Crippen molar-refractivity contribution in [2.75, 3.05) is 0 Å². The quantitative estimate of drug-likeness (QED) is 0.180. The Hall–Kier alpha value is -5.09. The van der Waals surface area contributed by atoms with E-state index in [4.69, 9.17) is 0 Å². The maximum atomic E-state index is 2.53. The van der Waals surface area contributed by atoms with Gasteiger partial charge < -0.3 is 4.57 Å². The molecule has 0 amide bonds. The Morgan fingerprint density at radius 3 is 1.58 bits per heavy atom. The Bertz CT molecular complexity index is 2370. The molecule has 2 aliphatic heterocycles. The molecule has 0 atom stereocenters. The third-order valence-electron chi connectivity index (χ3n) is 9.89. The Labute approximate surface area is 267 Å². The summed E-state index contributed by atoms with van der Waals surface area (Å²) in [4.78, 5) is 2.78. The highest BCUT2D eigenvalue weighted by Crippen LogP contribution is 2.39. The van der Waals surface area contributed by atoms with Crippen molar-refractivity contribution in [1.29, 1.82) is 0 Å². The van der Waals surface area contributed by atoms with E-state index in [-0.39, 0.29) is 0 Å². The van der Waals surface area contributed by atoms with Crippen LogP contribution in [0.25, 0.3) is 49.7 Å². The van der Waals surface area contributed by atoms with Crippen molar-refractivity contribution in [2.24, 2.45) is 0 Å². The van der Waals surface area contributed by atoms with Gasteiger partial charge >= 0.3 is 0 Å². The van der Waals surface area contributed by atoms with Crippen LogP contribution < -0.4 is 20.7 Å². The second kappa shape index (κ2) is 9.45. The topological polar surface area (TPSA) is 4.93 Å². The van der Waals surface area contributed by atoms with Crippen molar-refractivity contribution in [3.8, 4) is 27.9 Å². The lowest BCUT2D eigenvalue weighted by Gasteiger charge is -2.38. The van der Waals surface area contributed by atoms with Gasteiger partial charge in [0, 0.05) is 26.3 Å². The average molecular weight is 606 g/mol. The molecule has 7 aromatic carbocycles. The zero-order valence-corrected chi connectivity index (χ0v) is 26.3. The summed E-state index contributed by atoms with van der Waals surface area (Å²) in [5, 5.41) is 8.62. The molecule has 2 aliphatic rings. The molecule has 210 valence electrons. The SMILES string of the molecule is c1ccc2c(c1)Sc1ccc(-c3ccc(-n4c5ccccc5c5ccccc54)cc3)cc1[Si]21c2ccccc2-c2ccccc21.